The van der Waals surface area contributed by atoms with Gasteiger partial charge in [-0.05, 0) is 25.0 Å². The molecule has 114 valence electrons. The van der Waals surface area contributed by atoms with Gasteiger partial charge in [0.2, 0.25) is 0 Å². The second-order valence-electron chi connectivity index (χ2n) is 4.56. The van der Waals surface area contributed by atoms with E-state index in [0.29, 0.717) is 11.3 Å². The summed E-state index contributed by atoms with van der Waals surface area (Å²) in [6, 6.07) is 2.17. The number of halogens is 1. The van der Waals surface area contributed by atoms with Gasteiger partial charge in [-0.1, -0.05) is 0 Å². The number of aromatic nitrogens is 1. The molecule has 0 saturated heterocycles. The van der Waals surface area contributed by atoms with Crippen molar-refractivity contribution in [2.45, 2.75) is 19.8 Å². The van der Waals surface area contributed by atoms with Crippen molar-refractivity contribution in [3.63, 3.8) is 0 Å². The molecule has 8 heteroatoms. The third-order valence-electron chi connectivity index (χ3n) is 3.47. The molecule has 21 heavy (non-hydrogen) atoms. The Kier molecular flexibility index (Phi) is 4.64. The fraction of sp³-hybridized carbons (Fsp3) is 0.308. The summed E-state index contributed by atoms with van der Waals surface area (Å²) in [5, 5.41) is 20.0. The molecule has 0 bridgehead atoms. The number of nitro groups is 1. The van der Waals surface area contributed by atoms with Crippen molar-refractivity contribution in [3.8, 4) is 0 Å². The fourth-order valence-electron chi connectivity index (χ4n) is 2.42. The molecule has 2 aromatic rings. The molecule has 1 heterocycles. The molecule has 4 N–H and O–H groups in total. The van der Waals surface area contributed by atoms with Gasteiger partial charge in [0, 0.05) is 25.2 Å². The monoisotopic (exact) mass is 297 g/mol. The van der Waals surface area contributed by atoms with Gasteiger partial charge in [0.1, 0.15) is 5.82 Å². The van der Waals surface area contributed by atoms with Crippen LogP contribution in [0.1, 0.15) is 17.7 Å². The van der Waals surface area contributed by atoms with Crippen molar-refractivity contribution in [1.82, 2.24) is 10.7 Å². The number of hydrogen-bond donors (Lipinski definition) is 2. The Morgan fingerprint density at radius 2 is 2.10 bits per heavy atom. The third kappa shape index (κ3) is 2.70. The Balaban J connectivity index is 0.00000220. The van der Waals surface area contributed by atoms with Crippen LogP contribution in [0.15, 0.2) is 12.1 Å². The number of carboxylic acids is 1. The van der Waals surface area contributed by atoms with Crippen LogP contribution < -0.4 is 6.15 Å². The minimum atomic E-state index is -1.000. The average molecular weight is 297 g/mol. The molecule has 0 aliphatic carbocycles. The van der Waals surface area contributed by atoms with Crippen LogP contribution in [0.25, 0.3) is 10.9 Å². The van der Waals surface area contributed by atoms with Gasteiger partial charge in [0.15, 0.2) is 0 Å². The molecule has 0 radical (unpaired) electrons. The first-order chi connectivity index (χ1) is 9.34. The molecule has 0 fully saturated rings. The normalized spacial score (nSPS) is 10.4. The van der Waals surface area contributed by atoms with E-state index in [4.69, 9.17) is 5.11 Å². The lowest BCUT2D eigenvalue weighted by atomic mass is 10.0. The van der Waals surface area contributed by atoms with E-state index in [2.05, 4.69) is 0 Å². The Labute approximate surface area is 119 Å². The molecule has 0 saturated carbocycles. The van der Waals surface area contributed by atoms with Crippen LogP contribution in [-0.2, 0) is 18.3 Å². The highest BCUT2D eigenvalue weighted by Crippen LogP contribution is 2.35. The van der Waals surface area contributed by atoms with E-state index in [1.54, 1.807) is 14.0 Å². The van der Waals surface area contributed by atoms with Gasteiger partial charge in [-0.2, -0.15) is 0 Å². The van der Waals surface area contributed by atoms with E-state index < -0.39 is 16.7 Å². The molecular weight excluding hydrogens is 281 g/mol. The van der Waals surface area contributed by atoms with Crippen molar-refractivity contribution in [2.24, 2.45) is 7.05 Å². The van der Waals surface area contributed by atoms with Crippen molar-refractivity contribution in [3.05, 3.63) is 39.3 Å². The number of nitro benzene ring substituents is 1. The zero-order valence-corrected chi connectivity index (χ0v) is 11.7. The summed E-state index contributed by atoms with van der Waals surface area (Å²) in [5.74, 6) is -1.56. The van der Waals surface area contributed by atoms with E-state index in [1.165, 1.54) is 4.57 Å². The van der Waals surface area contributed by atoms with E-state index in [0.717, 1.165) is 12.1 Å². The summed E-state index contributed by atoms with van der Waals surface area (Å²) >= 11 is 0. The highest BCUT2D eigenvalue weighted by molar-refractivity contribution is 5.94. The number of non-ortho nitro benzene ring substituents is 1. The van der Waals surface area contributed by atoms with Gasteiger partial charge in [-0.25, -0.2) is 4.39 Å². The highest BCUT2D eigenvalue weighted by atomic mass is 19.1. The summed E-state index contributed by atoms with van der Waals surface area (Å²) in [5.41, 5.74) is 1.08. The van der Waals surface area contributed by atoms with E-state index in [1.807, 2.05) is 0 Å². The number of carbonyl (C=O) groups is 1. The molecule has 0 atom stereocenters. The molecule has 0 aliphatic heterocycles. The second-order valence-corrected chi connectivity index (χ2v) is 4.56. The van der Waals surface area contributed by atoms with Gasteiger partial charge in [0.05, 0.1) is 15.8 Å². The van der Waals surface area contributed by atoms with Crippen LogP contribution in [0.5, 0.6) is 0 Å². The number of aliphatic carboxylic acids is 1. The molecule has 1 aromatic carbocycles. The number of benzene rings is 1. The summed E-state index contributed by atoms with van der Waals surface area (Å²) in [6.07, 6.45) is -0.0313. The van der Waals surface area contributed by atoms with Gasteiger partial charge in [0.25, 0.3) is 5.69 Å². The zero-order chi connectivity index (χ0) is 15.0. The van der Waals surface area contributed by atoms with Gasteiger partial charge < -0.3 is 15.8 Å². The number of carboxylic acid groups (broad SMARTS) is 1. The minimum Gasteiger partial charge on any atom is -0.481 e. The first-order valence-electron chi connectivity index (χ1n) is 5.97. The standard InChI is InChI=1S/C13H13FN2O4.H3N/c1-7-8(3-6-11(17)18)12-10(16(19)20)5-4-9(14)13(12)15(7)2;/h4-5H,3,6H2,1-2H3,(H,17,18);1H3. The molecular formula is C13H16FN3O4. The first kappa shape index (κ1) is 16.6. The van der Waals surface area contributed by atoms with Crippen LogP contribution in [0.3, 0.4) is 0 Å². The molecule has 0 spiro atoms. The van der Waals surface area contributed by atoms with Crippen molar-refractivity contribution >= 4 is 22.6 Å². The molecule has 0 unspecified atom stereocenters. The maximum absolute atomic E-state index is 13.9. The molecule has 2 rings (SSSR count). The average Bonchev–Trinajstić information content (AvgIpc) is 2.61. The number of aryl methyl sites for hydroxylation is 2. The third-order valence-corrected chi connectivity index (χ3v) is 3.47. The smallest absolute Gasteiger partial charge is 0.303 e. The van der Waals surface area contributed by atoms with Crippen LogP contribution >= 0.6 is 0 Å². The zero-order valence-electron chi connectivity index (χ0n) is 11.7. The number of nitrogens with zero attached hydrogens (tertiary/aromatic N) is 2. The maximum Gasteiger partial charge on any atom is 0.303 e. The SMILES string of the molecule is Cc1c(CCC(=O)O)c2c([N+](=O)[O-])ccc(F)c2n1C.N. The maximum atomic E-state index is 13.9. The van der Waals surface area contributed by atoms with E-state index >= 15 is 0 Å². The fourth-order valence-corrected chi connectivity index (χ4v) is 2.42. The van der Waals surface area contributed by atoms with E-state index in [-0.39, 0.29) is 35.6 Å². The van der Waals surface area contributed by atoms with Crippen LogP contribution in [0.4, 0.5) is 10.1 Å². The van der Waals surface area contributed by atoms with Crippen molar-refractivity contribution < 1.29 is 19.2 Å². The topological polar surface area (TPSA) is 120 Å². The Hall–Kier alpha value is -2.48. The van der Waals surface area contributed by atoms with Gasteiger partial charge in [-0.3, -0.25) is 14.9 Å². The number of rotatable bonds is 4. The molecule has 0 aliphatic rings. The second kappa shape index (κ2) is 5.88. The van der Waals surface area contributed by atoms with Crippen molar-refractivity contribution in [1.29, 1.82) is 0 Å². The Bertz CT molecular complexity index is 724. The van der Waals surface area contributed by atoms with Gasteiger partial charge >= 0.3 is 5.97 Å². The molecule has 7 nitrogen and oxygen atoms in total. The molecule has 0 amide bonds. The molecule has 1 aromatic heterocycles. The van der Waals surface area contributed by atoms with Crippen LogP contribution in [0, 0.1) is 22.9 Å². The predicted octanol–water partition coefficient (Wildman–Crippen LogP) is 2.71. The lowest BCUT2D eigenvalue weighted by molar-refractivity contribution is -0.383. The minimum absolute atomic E-state index is 0. The summed E-state index contributed by atoms with van der Waals surface area (Å²) in [7, 11) is 1.61. The van der Waals surface area contributed by atoms with Crippen molar-refractivity contribution in [2.75, 3.05) is 0 Å². The first-order valence-corrected chi connectivity index (χ1v) is 5.97. The quantitative estimate of drug-likeness (QED) is 0.664. The highest BCUT2D eigenvalue weighted by Gasteiger charge is 2.24. The largest absolute Gasteiger partial charge is 0.481 e. The Morgan fingerprint density at radius 3 is 2.62 bits per heavy atom. The number of fused-ring (bicyclic) bond motifs is 1. The lowest BCUT2D eigenvalue weighted by Gasteiger charge is -2.00. The summed E-state index contributed by atoms with van der Waals surface area (Å²) in [6.45, 7) is 1.69. The lowest BCUT2D eigenvalue weighted by Crippen LogP contribution is -1.99. The van der Waals surface area contributed by atoms with Crippen LogP contribution in [0.2, 0.25) is 0 Å². The van der Waals surface area contributed by atoms with Gasteiger partial charge in [-0.15, -0.1) is 0 Å². The predicted molar refractivity (Wildman–Crippen MR) is 75.2 cm³/mol. The van der Waals surface area contributed by atoms with Crippen LogP contribution in [-0.4, -0.2) is 20.6 Å². The Morgan fingerprint density at radius 1 is 1.48 bits per heavy atom. The summed E-state index contributed by atoms with van der Waals surface area (Å²) in [4.78, 5) is 21.2. The van der Waals surface area contributed by atoms with E-state index in [9.17, 15) is 19.3 Å². The number of hydrogen-bond acceptors (Lipinski definition) is 4. The summed E-state index contributed by atoms with van der Waals surface area (Å²) < 4.78 is 15.4.